The third-order valence-electron chi connectivity index (χ3n) is 6.56. The van der Waals surface area contributed by atoms with Gasteiger partial charge in [-0.2, -0.15) is 0 Å². The van der Waals surface area contributed by atoms with E-state index in [9.17, 15) is 9.59 Å². The quantitative estimate of drug-likeness (QED) is 0.252. The SMILES string of the molecule is COC(=O)c1c2c(c3ccccc3c1OC(C)=O)OC(c1ccccc1)(c1ccc(N(C)C)cc1)C=C2. The van der Waals surface area contributed by atoms with Crippen molar-refractivity contribution in [1.82, 2.24) is 0 Å². The summed E-state index contributed by atoms with van der Waals surface area (Å²) in [6.45, 7) is 1.30. The lowest BCUT2D eigenvalue weighted by Crippen LogP contribution is -2.35. The van der Waals surface area contributed by atoms with E-state index in [1.165, 1.54) is 14.0 Å². The van der Waals surface area contributed by atoms with Crippen LogP contribution in [0.5, 0.6) is 11.5 Å². The average Bonchev–Trinajstić information content (AvgIpc) is 2.93. The van der Waals surface area contributed by atoms with Crippen molar-refractivity contribution in [3.05, 3.63) is 107 Å². The maximum absolute atomic E-state index is 13.0. The summed E-state index contributed by atoms with van der Waals surface area (Å²) in [4.78, 5) is 27.1. The second-order valence-corrected chi connectivity index (χ2v) is 9.06. The minimum Gasteiger partial charge on any atom is -0.472 e. The maximum atomic E-state index is 13.0. The largest absolute Gasteiger partial charge is 0.472 e. The molecular formula is C31H27NO5. The molecule has 4 aromatic carbocycles. The Morgan fingerprint density at radius 3 is 2.08 bits per heavy atom. The van der Waals surface area contributed by atoms with Crippen LogP contribution in [0.3, 0.4) is 0 Å². The first-order valence-electron chi connectivity index (χ1n) is 11.9. The number of esters is 2. The van der Waals surface area contributed by atoms with Gasteiger partial charge in [-0.1, -0.05) is 66.7 Å². The van der Waals surface area contributed by atoms with Crippen LogP contribution in [0, 0.1) is 0 Å². The summed E-state index contributed by atoms with van der Waals surface area (Å²) in [6.07, 6.45) is 3.80. The minimum atomic E-state index is -0.960. The van der Waals surface area contributed by atoms with Crippen molar-refractivity contribution in [1.29, 1.82) is 0 Å². The molecule has 186 valence electrons. The van der Waals surface area contributed by atoms with Crippen LogP contribution in [0.2, 0.25) is 0 Å². The first-order valence-corrected chi connectivity index (χ1v) is 11.9. The zero-order valence-electron chi connectivity index (χ0n) is 21.1. The standard InChI is InChI=1S/C31H27NO5/c1-20(33)36-29-25-13-9-8-12-24(25)28-26(27(29)30(34)35-4)18-19-31(37-28,21-10-6-5-7-11-21)22-14-16-23(17-15-22)32(2)3/h5-19H,1-4H3. The maximum Gasteiger partial charge on any atom is 0.342 e. The van der Waals surface area contributed by atoms with E-state index < -0.39 is 17.5 Å². The van der Waals surface area contributed by atoms with Gasteiger partial charge in [0.1, 0.15) is 11.3 Å². The van der Waals surface area contributed by atoms with Crippen molar-refractivity contribution in [2.45, 2.75) is 12.5 Å². The number of fused-ring (bicyclic) bond motifs is 3. The molecular weight excluding hydrogens is 466 g/mol. The van der Waals surface area contributed by atoms with Gasteiger partial charge < -0.3 is 19.1 Å². The molecule has 0 N–H and O–H groups in total. The average molecular weight is 494 g/mol. The molecule has 6 nitrogen and oxygen atoms in total. The Morgan fingerprint density at radius 2 is 1.46 bits per heavy atom. The third kappa shape index (κ3) is 4.10. The highest BCUT2D eigenvalue weighted by molar-refractivity contribution is 6.09. The molecule has 1 heterocycles. The summed E-state index contributed by atoms with van der Waals surface area (Å²) in [5.74, 6) is -0.482. The molecule has 5 rings (SSSR count). The summed E-state index contributed by atoms with van der Waals surface area (Å²) in [5, 5.41) is 1.30. The molecule has 1 aliphatic heterocycles. The minimum absolute atomic E-state index is 0.146. The van der Waals surface area contributed by atoms with Crippen LogP contribution < -0.4 is 14.4 Å². The number of carbonyl (C=O) groups excluding carboxylic acids is 2. The van der Waals surface area contributed by atoms with E-state index in [2.05, 4.69) is 12.1 Å². The zero-order valence-corrected chi connectivity index (χ0v) is 21.1. The predicted octanol–water partition coefficient (Wildman–Crippen LogP) is 5.97. The third-order valence-corrected chi connectivity index (χ3v) is 6.56. The van der Waals surface area contributed by atoms with Crippen molar-refractivity contribution < 1.29 is 23.8 Å². The topological polar surface area (TPSA) is 65.1 Å². The van der Waals surface area contributed by atoms with Gasteiger partial charge in [0.05, 0.1) is 7.11 Å². The lowest BCUT2D eigenvalue weighted by Gasteiger charge is -2.37. The highest BCUT2D eigenvalue weighted by Gasteiger charge is 2.40. The molecule has 1 aliphatic rings. The fraction of sp³-hybridized carbons (Fsp3) is 0.161. The van der Waals surface area contributed by atoms with Crippen molar-refractivity contribution in [2.75, 3.05) is 26.1 Å². The van der Waals surface area contributed by atoms with Crippen molar-refractivity contribution in [2.24, 2.45) is 0 Å². The summed E-state index contributed by atoms with van der Waals surface area (Å²) in [5.41, 5.74) is 2.61. The first kappa shape index (κ1) is 24.1. The Morgan fingerprint density at radius 1 is 0.838 bits per heavy atom. The number of nitrogens with zero attached hydrogens (tertiary/aromatic N) is 1. The molecule has 0 saturated carbocycles. The Balaban J connectivity index is 1.81. The fourth-order valence-corrected chi connectivity index (χ4v) is 4.78. The second kappa shape index (κ2) is 9.47. The summed E-state index contributed by atoms with van der Waals surface area (Å²) in [7, 11) is 5.29. The smallest absolute Gasteiger partial charge is 0.342 e. The lowest BCUT2D eigenvalue weighted by atomic mass is 9.82. The van der Waals surface area contributed by atoms with Crippen LogP contribution in [-0.2, 0) is 15.1 Å². The molecule has 6 heteroatoms. The molecule has 1 unspecified atom stereocenters. The van der Waals surface area contributed by atoms with Gasteiger partial charge in [0.15, 0.2) is 11.4 Å². The Bertz CT molecular complexity index is 1520. The summed E-state index contributed by atoms with van der Waals surface area (Å²) in [6, 6.07) is 25.6. The second-order valence-electron chi connectivity index (χ2n) is 9.06. The van der Waals surface area contributed by atoms with Gasteiger partial charge in [0.2, 0.25) is 0 Å². The number of hydrogen-bond acceptors (Lipinski definition) is 6. The highest BCUT2D eigenvalue weighted by Crippen LogP contribution is 2.49. The molecule has 0 radical (unpaired) electrons. The highest BCUT2D eigenvalue weighted by atomic mass is 16.5. The van der Waals surface area contributed by atoms with Gasteiger partial charge in [-0.05, 0) is 24.3 Å². The van der Waals surface area contributed by atoms with Crippen molar-refractivity contribution in [3.8, 4) is 11.5 Å². The number of benzene rings is 4. The zero-order chi connectivity index (χ0) is 26.2. The molecule has 0 aliphatic carbocycles. The number of hydrogen-bond donors (Lipinski definition) is 0. The number of methoxy groups -OCH3 is 1. The van der Waals surface area contributed by atoms with Crippen LogP contribution in [0.25, 0.3) is 16.8 Å². The van der Waals surface area contributed by atoms with E-state index >= 15 is 0 Å². The van der Waals surface area contributed by atoms with Gasteiger partial charge in [-0.15, -0.1) is 0 Å². The van der Waals surface area contributed by atoms with Crippen molar-refractivity contribution >= 4 is 34.5 Å². The molecule has 0 amide bonds. The Hall–Kier alpha value is -4.58. The van der Waals surface area contributed by atoms with Gasteiger partial charge in [-0.3, -0.25) is 4.79 Å². The predicted molar refractivity (Wildman–Crippen MR) is 144 cm³/mol. The number of anilines is 1. The molecule has 4 aromatic rings. The normalized spacial score (nSPS) is 16.0. The van der Waals surface area contributed by atoms with Gasteiger partial charge in [0.25, 0.3) is 0 Å². The summed E-state index contributed by atoms with van der Waals surface area (Å²) < 4.78 is 17.6. The van der Waals surface area contributed by atoms with Crippen LogP contribution in [0.15, 0.2) is 84.9 Å². The van der Waals surface area contributed by atoms with E-state index in [-0.39, 0.29) is 11.3 Å². The lowest BCUT2D eigenvalue weighted by molar-refractivity contribution is -0.131. The molecule has 0 spiro atoms. The van der Waals surface area contributed by atoms with Crippen LogP contribution >= 0.6 is 0 Å². The molecule has 1 atom stereocenters. The van der Waals surface area contributed by atoms with E-state index in [1.54, 1.807) is 6.07 Å². The van der Waals surface area contributed by atoms with E-state index in [1.807, 2.05) is 91.8 Å². The number of rotatable bonds is 5. The number of ether oxygens (including phenoxy) is 3. The molecule has 0 bridgehead atoms. The number of carbonyl (C=O) groups is 2. The van der Waals surface area contributed by atoms with Gasteiger partial charge >= 0.3 is 11.9 Å². The fourth-order valence-electron chi connectivity index (χ4n) is 4.78. The molecule has 37 heavy (non-hydrogen) atoms. The van der Waals surface area contributed by atoms with E-state index in [0.29, 0.717) is 16.7 Å². The van der Waals surface area contributed by atoms with E-state index in [4.69, 9.17) is 14.2 Å². The van der Waals surface area contributed by atoms with Gasteiger partial charge in [-0.25, -0.2) is 4.79 Å². The summed E-state index contributed by atoms with van der Waals surface area (Å²) >= 11 is 0. The van der Waals surface area contributed by atoms with Gasteiger partial charge in [0, 0.05) is 54.2 Å². The molecule has 0 fully saturated rings. The van der Waals surface area contributed by atoms with Crippen molar-refractivity contribution in [3.63, 3.8) is 0 Å². The van der Waals surface area contributed by atoms with Crippen LogP contribution in [0.4, 0.5) is 5.69 Å². The Labute approximate surface area is 215 Å². The van der Waals surface area contributed by atoms with Crippen LogP contribution in [-0.4, -0.2) is 33.1 Å². The van der Waals surface area contributed by atoms with E-state index in [0.717, 1.165) is 22.2 Å². The molecule has 0 aromatic heterocycles. The molecule has 0 saturated heterocycles. The monoisotopic (exact) mass is 493 g/mol. The first-order chi connectivity index (χ1) is 17.9. The van der Waals surface area contributed by atoms with Crippen LogP contribution in [0.1, 0.15) is 34.0 Å². The Kier molecular flexibility index (Phi) is 6.17.